The van der Waals surface area contributed by atoms with Gasteiger partial charge in [-0.1, -0.05) is 48.2 Å². The van der Waals surface area contributed by atoms with Crippen LogP contribution in [0.4, 0.5) is 0 Å². The van der Waals surface area contributed by atoms with Crippen LogP contribution in [0, 0.1) is 0 Å². The van der Waals surface area contributed by atoms with E-state index in [4.69, 9.17) is 17.0 Å². The number of hydrogen-bond acceptors (Lipinski definition) is 5. The number of carbonyl (C=O) groups is 2. The highest BCUT2D eigenvalue weighted by atomic mass is 32.2. The maximum atomic E-state index is 12.8. The lowest BCUT2D eigenvalue weighted by atomic mass is 9.94. The number of nitrogens with zero attached hydrogens (tertiary/aromatic N) is 2. The maximum absolute atomic E-state index is 12.8. The van der Waals surface area contributed by atoms with Crippen LogP contribution in [-0.2, 0) is 27.3 Å². The van der Waals surface area contributed by atoms with Crippen molar-refractivity contribution in [2.45, 2.75) is 31.8 Å². The zero-order valence-corrected chi connectivity index (χ0v) is 15.9. The number of likely N-dealkylation sites (tertiary alicyclic amines) is 1. The first-order valence-electron chi connectivity index (χ1n) is 8.46. The lowest BCUT2D eigenvalue weighted by molar-refractivity contribution is -0.153. The second-order valence-corrected chi connectivity index (χ2v) is 7.89. The largest absolute Gasteiger partial charge is 0.467 e. The van der Waals surface area contributed by atoms with E-state index in [1.807, 2.05) is 24.3 Å². The van der Waals surface area contributed by atoms with Gasteiger partial charge in [0.05, 0.1) is 12.9 Å². The molecule has 2 aliphatic heterocycles. The molecular formula is C18H22N2O3S2. The zero-order valence-electron chi connectivity index (χ0n) is 14.3. The lowest BCUT2D eigenvalue weighted by Gasteiger charge is -2.35. The number of thioether (sulfide) groups is 1. The van der Waals surface area contributed by atoms with E-state index in [1.54, 1.807) is 4.90 Å². The van der Waals surface area contributed by atoms with Gasteiger partial charge in [0.1, 0.15) is 10.4 Å². The van der Waals surface area contributed by atoms with Crippen molar-refractivity contribution >= 4 is 40.2 Å². The van der Waals surface area contributed by atoms with Crippen molar-refractivity contribution in [1.29, 1.82) is 0 Å². The van der Waals surface area contributed by atoms with Crippen molar-refractivity contribution in [1.82, 2.24) is 9.80 Å². The first-order valence-corrected chi connectivity index (χ1v) is 9.85. The molecule has 3 rings (SSSR count). The Balaban J connectivity index is 1.68. The molecule has 25 heavy (non-hydrogen) atoms. The summed E-state index contributed by atoms with van der Waals surface area (Å²) in [6, 6.07) is 7.36. The van der Waals surface area contributed by atoms with E-state index in [9.17, 15) is 9.59 Å². The van der Waals surface area contributed by atoms with E-state index in [2.05, 4.69) is 4.90 Å². The van der Waals surface area contributed by atoms with E-state index in [0.29, 0.717) is 13.0 Å². The highest BCUT2D eigenvalue weighted by Gasteiger charge is 2.35. The van der Waals surface area contributed by atoms with Crippen LogP contribution in [0.15, 0.2) is 24.3 Å². The molecule has 0 aromatic heterocycles. The smallest absolute Gasteiger partial charge is 0.328 e. The van der Waals surface area contributed by atoms with Gasteiger partial charge >= 0.3 is 5.97 Å². The van der Waals surface area contributed by atoms with Gasteiger partial charge in [-0.15, -0.1) is 0 Å². The average molecular weight is 379 g/mol. The molecule has 1 fully saturated rings. The van der Waals surface area contributed by atoms with E-state index in [-0.39, 0.29) is 17.6 Å². The highest BCUT2D eigenvalue weighted by molar-refractivity contribution is 8.23. The summed E-state index contributed by atoms with van der Waals surface area (Å²) >= 11 is 6.82. The van der Waals surface area contributed by atoms with Crippen LogP contribution in [0.2, 0.25) is 0 Å². The number of rotatable bonds is 3. The van der Waals surface area contributed by atoms with Gasteiger partial charge in [0.15, 0.2) is 0 Å². The van der Waals surface area contributed by atoms with Gasteiger partial charge in [-0.3, -0.25) is 4.79 Å². The number of esters is 1. The fourth-order valence-corrected chi connectivity index (χ4v) is 4.47. The van der Waals surface area contributed by atoms with E-state index in [0.717, 1.165) is 41.4 Å². The Labute approximate surface area is 157 Å². The number of amides is 1. The van der Waals surface area contributed by atoms with Crippen molar-refractivity contribution in [3.63, 3.8) is 0 Å². The molecule has 0 bridgehead atoms. The van der Waals surface area contributed by atoms with E-state index < -0.39 is 6.04 Å². The fourth-order valence-electron chi connectivity index (χ4n) is 3.33. The summed E-state index contributed by atoms with van der Waals surface area (Å²) in [5.74, 6) is -0.184. The third-order valence-corrected chi connectivity index (χ3v) is 6.23. The minimum absolute atomic E-state index is 0.0727. The van der Waals surface area contributed by atoms with Gasteiger partial charge in [0.2, 0.25) is 5.91 Å². The normalized spacial score (nSPS) is 19.5. The molecule has 5 nitrogen and oxygen atoms in total. The summed E-state index contributed by atoms with van der Waals surface area (Å²) in [7, 11) is 1.36. The number of hydrogen-bond donors (Lipinski definition) is 0. The molecule has 0 spiro atoms. The van der Waals surface area contributed by atoms with Gasteiger partial charge in [0, 0.05) is 26.1 Å². The van der Waals surface area contributed by atoms with Crippen molar-refractivity contribution in [3.8, 4) is 0 Å². The summed E-state index contributed by atoms with van der Waals surface area (Å²) in [6.45, 7) is 2.38. The number of thiocarbonyl (C=S) groups is 1. The predicted octanol–water partition coefficient (Wildman–Crippen LogP) is 2.23. The van der Waals surface area contributed by atoms with Gasteiger partial charge in [-0.05, 0) is 24.0 Å². The SMILES string of the molecule is COC(=O)[C@@H]1Cc2ccccc2CN1C(=O)CSC(=S)N1CCCC1. The van der Waals surface area contributed by atoms with Crippen LogP contribution in [0.25, 0.3) is 0 Å². The summed E-state index contributed by atoms with van der Waals surface area (Å²) in [4.78, 5) is 28.7. The van der Waals surface area contributed by atoms with Crippen molar-refractivity contribution < 1.29 is 14.3 Å². The minimum atomic E-state index is -0.562. The number of carbonyl (C=O) groups excluding carboxylic acids is 2. The molecule has 2 aliphatic rings. The minimum Gasteiger partial charge on any atom is -0.467 e. The van der Waals surface area contributed by atoms with E-state index >= 15 is 0 Å². The number of fused-ring (bicyclic) bond motifs is 1. The van der Waals surface area contributed by atoms with Crippen LogP contribution in [0.3, 0.4) is 0 Å². The molecule has 1 aromatic carbocycles. The number of methoxy groups -OCH3 is 1. The molecule has 0 radical (unpaired) electrons. The molecule has 1 amide bonds. The van der Waals surface area contributed by atoms with Gasteiger partial charge in [-0.25, -0.2) is 4.79 Å². The highest BCUT2D eigenvalue weighted by Crippen LogP contribution is 2.25. The Morgan fingerprint density at radius 3 is 2.60 bits per heavy atom. The molecular weight excluding hydrogens is 356 g/mol. The second kappa shape index (κ2) is 8.19. The molecule has 2 heterocycles. The maximum Gasteiger partial charge on any atom is 0.328 e. The molecule has 1 saturated heterocycles. The molecule has 1 aromatic rings. The summed E-state index contributed by atoms with van der Waals surface area (Å²) < 4.78 is 5.69. The first-order chi connectivity index (χ1) is 12.1. The molecule has 1 atom stereocenters. The molecule has 0 aliphatic carbocycles. The second-order valence-electron chi connectivity index (χ2n) is 6.28. The Hall–Kier alpha value is -1.60. The van der Waals surface area contributed by atoms with Gasteiger partial charge in [0.25, 0.3) is 0 Å². The lowest BCUT2D eigenvalue weighted by Crippen LogP contribution is -2.49. The van der Waals surface area contributed by atoms with Crippen LogP contribution in [0.1, 0.15) is 24.0 Å². The Morgan fingerprint density at radius 2 is 1.92 bits per heavy atom. The zero-order chi connectivity index (χ0) is 17.8. The van der Waals surface area contributed by atoms with Crippen LogP contribution >= 0.6 is 24.0 Å². The van der Waals surface area contributed by atoms with Crippen LogP contribution in [0.5, 0.6) is 0 Å². The summed E-state index contributed by atoms with van der Waals surface area (Å²) in [5.41, 5.74) is 2.19. The third-order valence-electron chi connectivity index (χ3n) is 4.73. The van der Waals surface area contributed by atoms with Crippen molar-refractivity contribution in [2.24, 2.45) is 0 Å². The molecule has 0 saturated carbocycles. The Bertz CT molecular complexity index is 674. The predicted molar refractivity (Wildman–Crippen MR) is 102 cm³/mol. The number of benzene rings is 1. The standard InChI is InChI=1S/C18H22N2O3S2/c1-23-17(22)15-10-13-6-2-3-7-14(13)11-20(15)16(21)12-25-18(24)19-8-4-5-9-19/h2-3,6-7,15H,4-5,8-12H2,1H3/t15-/m0/s1. The molecule has 0 unspecified atom stereocenters. The quantitative estimate of drug-likeness (QED) is 0.594. The van der Waals surface area contributed by atoms with Crippen molar-refractivity contribution in [2.75, 3.05) is 26.0 Å². The third kappa shape index (κ3) is 4.15. The van der Waals surface area contributed by atoms with Gasteiger partial charge < -0.3 is 14.5 Å². The summed E-state index contributed by atoms with van der Waals surface area (Å²) in [6.07, 6.45) is 2.81. The topological polar surface area (TPSA) is 49.9 Å². The Kier molecular flexibility index (Phi) is 5.96. The molecule has 134 valence electrons. The monoisotopic (exact) mass is 378 g/mol. The fraction of sp³-hybridized carbons (Fsp3) is 0.500. The van der Waals surface area contributed by atoms with E-state index in [1.165, 1.54) is 18.9 Å². The molecule has 0 N–H and O–H groups in total. The van der Waals surface area contributed by atoms with Gasteiger partial charge in [-0.2, -0.15) is 0 Å². The molecule has 7 heteroatoms. The van der Waals surface area contributed by atoms with Crippen LogP contribution in [-0.4, -0.2) is 58.0 Å². The Morgan fingerprint density at radius 1 is 1.24 bits per heavy atom. The number of ether oxygens (including phenoxy) is 1. The van der Waals surface area contributed by atoms with Crippen LogP contribution < -0.4 is 0 Å². The summed E-state index contributed by atoms with van der Waals surface area (Å²) in [5, 5.41) is 0. The average Bonchev–Trinajstić information content (AvgIpc) is 3.19. The van der Waals surface area contributed by atoms with Crippen molar-refractivity contribution in [3.05, 3.63) is 35.4 Å². The first kappa shape index (κ1) is 18.2.